The Bertz CT molecular complexity index is 575. The van der Waals surface area contributed by atoms with Gasteiger partial charge in [-0.3, -0.25) is 4.79 Å². The summed E-state index contributed by atoms with van der Waals surface area (Å²) in [5.74, 6) is 0.392. The van der Waals surface area contributed by atoms with Crippen LogP contribution in [0.15, 0.2) is 33.5 Å². The topological polar surface area (TPSA) is 62.8 Å². The fraction of sp³-hybridized carbons (Fsp3) is 0.182. The lowest BCUT2D eigenvalue weighted by Crippen LogP contribution is -2.11. The minimum atomic E-state index is -0.387. The summed E-state index contributed by atoms with van der Waals surface area (Å²) in [6, 6.07) is 3.65. The number of aromatic amines is 1. The number of nitrogens with one attached hydrogen (secondary N) is 1. The minimum Gasteiger partial charge on any atom is -0.300 e. The minimum absolute atomic E-state index is 0.0714. The van der Waals surface area contributed by atoms with Gasteiger partial charge in [0.15, 0.2) is 5.78 Å². The van der Waals surface area contributed by atoms with Gasteiger partial charge >= 0.3 is 5.69 Å². The van der Waals surface area contributed by atoms with E-state index < -0.39 is 0 Å². The van der Waals surface area contributed by atoms with Gasteiger partial charge in [0.05, 0.1) is 15.7 Å². The van der Waals surface area contributed by atoms with E-state index in [1.54, 1.807) is 6.07 Å². The molecule has 4 nitrogen and oxygen atoms in total. The highest BCUT2D eigenvalue weighted by Gasteiger charge is 2.09. The van der Waals surface area contributed by atoms with Crippen LogP contribution in [-0.2, 0) is 0 Å². The summed E-state index contributed by atoms with van der Waals surface area (Å²) in [5, 5.41) is 2.58. The van der Waals surface area contributed by atoms with Gasteiger partial charge in [0.2, 0.25) is 0 Å². The van der Waals surface area contributed by atoms with E-state index in [0.29, 0.717) is 10.8 Å². The third kappa shape index (κ3) is 3.04. The van der Waals surface area contributed by atoms with Gasteiger partial charge in [-0.25, -0.2) is 9.78 Å². The molecule has 0 unspecified atom stereocenters. The first-order valence-corrected chi connectivity index (χ1v) is 6.79. The van der Waals surface area contributed by atoms with Crippen LogP contribution in [0.25, 0.3) is 0 Å². The second-order valence-electron chi connectivity index (χ2n) is 3.39. The molecule has 2 aromatic rings. The summed E-state index contributed by atoms with van der Waals surface area (Å²) in [7, 11) is 0. The van der Waals surface area contributed by atoms with Crippen molar-refractivity contribution in [1.29, 1.82) is 0 Å². The van der Waals surface area contributed by atoms with Gasteiger partial charge in [0.1, 0.15) is 0 Å². The van der Waals surface area contributed by atoms with Crippen molar-refractivity contribution in [2.75, 3.05) is 5.75 Å². The van der Waals surface area contributed by atoms with E-state index in [9.17, 15) is 9.59 Å². The third-order valence-electron chi connectivity index (χ3n) is 2.10. The molecule has 0 saturated carbocycles. The van der Waals surface area contributed by atoms with E-state index in [2.05, 4.69) is 9.97 Å². The highest BCUT2D eigenvalue weighted by Crippen LogP contribution is 2.20. The lowest BCUT2D eigenvalue weighted by Gasteiger charge is -2.02. The maximum absolute atomic E-state index is 11.8. The molecule has 2 aromatic heterocycles. The van der Waals surface area contributed by atoms with Gasteiger partial charge in [-0.1, -0.05) is 17.8 Å². The average molecular weight is 266 g/mol. The number of thioether (sulfide) groups is 1. The second-order valence-corrected chi connectivity index (χ2v) is 5.32. The van der Waals surface area contributed by atoms with Crippen molar-refractivity contribution >= 4 is 28.9 Å². The molecule has 0 aromatic carbocycles. The van der Waals surface area contributed by atoms with E-state index in [0.717, 1.165) is 10.4 Å². The van der Waals surface area contributed by atoms with E-state index in [1.807, 2.05) is 18.4 Å². The smallest absolute Gasteiger partial charge is 0.300 e. The van der Waals surface area contributed by atoms with Gasteiger partial charge in [0, 0.05) is 6.20 Å². The monoisotopic (exact) mass is 266 g/mol. The van der Waals surface area contributed by atoms with Crippen LogP contribution in [0.1, 0.15) is 15.2 Å². The lowest BCUT2D eigenvalue weighted by atomic mass is 10.4. The number of carbonyl (C=O) groups is 1. The largest absolute Gasteiger partial charge is 0.345 e. The van der Waals surface area contributed by atoms with Crippen molar-refractivity contribution in [1.82, 2.24) is 9.97 Å². The zero-order valence-corrected chi connectivity index (χ0v) is 10.7. The molecule has 2 heterocycles. The van der Waals surface area contributed by atoms with Crippen LogP contribution in [0, 0.1) is 6.92 Å². The molecule has 0 aliphatic carbocycles. The van der Waals surface area contributed by atoms with Crippen LogP contribution in [0.2, 0.25) is 0 Å². The van der Waals surface area contributed by atoms with Gasteiger partial charge < -0.3 is 4.98 Å². The molecule has 17 heavy (non-hydrogen) atoms. The van der Waals surface area contributed by atoms with Crippen molar-refractivity contribution in [3.8, 4) is 0 Å². The van der Waals surface area contributed by atoms with Crippen molar-refractivity contribution in [3.63, 3.8) is 0 Å². The predicted octanol–water partition coefficient (Wildman–Crippen LogP) is 2.11. The standard InChI is InChI=1S/C11H10N2O2S2/c1-7-5-12-11(15)13-10(7)17-6-8(14)9-3-2-4-16-9/h2-5H,6H2,1H3,(H,12,13,15). The van der Waals surface area contributed by atoms with Crippen LogP contribution in [-0.4, -0.2) is 21.5 Å². The molecule has 0 radical (unpaired) electrons. The maximum atomic E-state index is 11.8. The van der Waals surface area contributed by atoms with Crippen LogP contribution < -0.4 is 5.69 Å². The Hall–Kier alpha value is -1.40. The van der Waals surface area contributed by atoms with Gasteiger partial charge in [-0.2, -0.15) is 0 Å². The van der Waals surface area contributed by atoms with E-state index in [1.165, 1.54) is 29.3 Å². The number of rotatable bonds is 4. The normalized spacial score (nSPS) is 10.4. The summed E-state index contributed by atoms with van der Waals surface area (Å²) in [5.41, 5.74) is 0.482. The SMILES string of the molecule is Cc1cnc(=O)[nH]c1SCC(=O)c1cccs1. The maximum Gasteiger partial charge on any atom is 0.345 e. The Balaban J connectivity index is 2.05. The molecule has 2 rings (SSSR count). The molecule has 0 aliphatic rings. The van der Waals surface area contributed by atoms with E-state index in [-0.39, 0.29) is 11.5 Å². The summed E-state index contributed by atoms with van der Waals surface area (Å²) in [4.78, 5) is 29.8. The zero-order chi connectivity index (χ0) is 12.3. The molecule has 0 spiro atoms. The highest BCUT2D eigenvalue weighted by molar-refractivity contribution is 8.00. The van der Waals surface area contributed by atoms with E-state index >= 15 is 0 Å². The van der Waals surface area contributed by atoms with Crippen LogP contribution >= 0.6 is 23.1 Å². The fourth-order valence-electron chi connectivity index (χ4n) is 1.24. The lowest BCUT2D eigenvalue weighted by molar-refractivity contribution is 0.102. The van der Waals surface area contributed by atoms with Gasteiger partial charge in [-0.05, 0) is 23.9 Å². The Kier molecular flexibility index (Phi) is 3.75. The summed E-state index contributed by atoms with van der Waals surface area (Å²) in [6.07, 6.45) is 1.51. The van der Waals surface area contributed by atoms with Crippen molar-refractivity contribution < 1.29 is 4.79 Å². The second kappa shape index (κ2) is 5.29. The quantitative estimate of drug-likeness (QED) is 0.523. The first-order chi connectivity index (χ1) is 8.16. The number of hydrogen-bond acceptors (Lipinski definition) is 5. The van der Waals surface area contributed by atoms with Crippen molar-refractivity contribution in [2.45, 2.75) is 11.9 Å². The fourth-order valence-corrected chi connectivity index (χ4v) is 2.86. The zero-order valence-electron chi connectivity index (χ0n) is 9.10. The third-order valence-corrected chi connectivity index (χ3v) is 4.13. The number of hydrogen-bond donors (Lipinski definition) is 1. The number of aromatic nitrogens is 2. The summed E-state index contributed by atoms with van der Waals surface area (Å²) < 4.78 is 0. The van der Waals surface area contributed by atoms with Gasteiger partial charge in [-0.15, -0.1) is 11.3 Å². The number of ketones is 1. The summed E-state index contributed by atoms with van der Waals surface area (Å²) in [6.45, 7) is 1.85. The van der Waals surface area contributed by atoms with E-state index in [4.69, 9.17) is 0 Å². The summed E-state index contributed by atoms with van der Waals surface area (Å²) >= 11 is 2.76. The Morgan fingerprint density at radius 3 is 3.12 bits per heavy atom. The molecule has 0 amide bonds. The number of Topliss-reactive ketones (excluding diaryl/α,β-unsaturated/α-hetero) is 1. The van der Waals surface area contributed by atoms with Crippen molar-refractivity contribution in [3.05, 3.63) is 44.6 Å². The molecule has 1 N–H and O–H groups in total. The highest BCUT2D eigenvalue weighted by atomic mass is 32.2. The molecule has 88 valence electrons. The number of carbonyl (C=O) groups excluding carboxylic acids is 1. The number of thiophene rings is 1. The van der Waals surface area contributed by atoms with Crippen LogP contribution in [0.3, 0.4) is 0 Å². The Morgan fingerprint density at radius 1 is 1.59 bits per heavy atom. The number of H-pyrrole nitrogens is 1. The first-order valence-electron chi connectivity index (χ1n) is 4.92. The average Bonchev–Trinajstić information content (AvgIpc) is 2.83. The molecule has 6 heteroatoms. The first kappa shape index (κ1) is 12.1. The van der Waals surface area contributed by atoms with Crippen molar-refractivity contribution in [2.24, 2.45) is 0 Å². The predicted molar refractivity (Wildman–Crippen MR) is 69.0 cm³/mol. The molecular weight excluding hydrogens is 256 g/mol. The Labute approximate surface area is 106 Å². The van der Waals surface area contributed by atoms with Gasteiger partial charge in [0.25, 0.3) is 0 Å². The Morgan fingerprint density at radius 2 is 2.41 bits per heavy atom. The van der Waals surface area contributed by atoms with Crippen LogP contribution in [0.4, 0.5) is 0 Å². The molecular formula is C11H10N2O2S2. The number of nitrogens with zero attached hydrogens (tertiary/aromatic N) is 1. The molecule has 0 atom stereocenters. The number of aryl methyl sites for hydroxylation is 1. The van der Waals surface area contributed by atoms with Crippen LogP contribution in [0.5, 0.6) is 0 Å². The molecule has 0 saturated heterocycles. The molecule has 0 bridgehead atoms. The molecule has 0 fully saturated rings. The molecule has 0 aliphatic heterocycles.